The van der Waals surface area contributed by atoms with E-state index in [1.54, 1.807) is 50.5 Å². The minimum absolute atomic E-state index is 0.172. The minimum atomic E-state index is -3.85. The molecular formula is C19H24N2O3S. The largest absolute Gasteiger partial charge is 0.347 e. The van der Waals surface area contributed by atoms with Crippen LogP contribution in [0.5, 0.6) is 0 Å². The number of hydrogen-bond acceptors (Lipinski definition) is 3. The highest BCUT2D eigenvalue weighted by molar-refractivity contribution is 7.92. The predicted molar refractivity (Wildman–Crippen MR) is 100 cm³/mol. The van der Waals surface area contributed by atoms with E-state index in [1.165, 1.54) is 9.21 Å². The zero-order valence-corrected chi connectivity index (χ0v) is 16.1. The molecule has 0 saturated heterocycles. The first-order chi connectivity index (χ1) is 11.6. The van der Waals surface area contributed by atoms with Crippen LogP contribution < -0.4 is 4.31 Å². The van der Waals surface area contributed by atoms with Crippen molar-refractivity contribution in [1.82, 2.24) is 4.90 Å². The van der Waals surface area contributed by atoms with Crippen LogP contribution in [0, 0.1) is 20.8 Å². The van der Waals surface area contributed by atoms with Crippen molar-refractivity contribution in [3.05, 3.63) is 59.2 Å². The Morgan fingerprint density at radius 3 is 2.12 bits per heavy atom. The van der Waals surface area contributed by atoms with E-state index in [0.717, 1.165) is 16.7 Å². The number of nitrogens with zero attached hydrogens (tertiary/aromatic N) is 2. The second kappa shape index (κ2) is 7.27. The Bertz CT molecular complexity index is 872. The molecule has 2 rings (SSSR count). The highest BCUT2D eigenvalue weighted by atomic mass is 32.2. The van der Waals surface area contributed by atoms with Gasteiger partial charge in [-0.25, -0.2) is 8.42 Å². The number of sulfonamides is 1. The lowest BCUT2D eigenvalue weighted by Gasteiger charge is -2.27. The van der Waals surface area contributed by atoms with E-state index < -0.39 is 10.0 Å². The van der Waals surface area contributed by atoms with E-state index in [2.05, 4.69) is 0 Å². The van der Waals surface area contributed by atoms with Crippen LogP contribution in [0.25, 0.3) is 0 Å². The molecule has 0 fully saturated rings. The summed E-state index contributed by atoms with van der Waals surface area (Å²) in [6.07, 6.45) is 0. The molecule has 25 heavy (non-hydrogen) atoms. The summed E-state index contributed by atoms with van der Waals surface area (Å²) in [6, 6.07) is 12.1. The summed E-state index contributed by atoms with van der Waals surface area (Å²) in [7, 11) is -0.626. The molecule has 5 nitrogen and oxygen atoms in total. The first-order valence-electron chi connectivity index (χ1n) is 8.00. The van der Waals surface area contributed by atoms with Crippen molar-refractivity contribution >= 4 is 21.6 Å². The van der Waals surface area contributed by atoms with Gasteiger partial charge >= 0.3 is 0 Å². The van der Waals surface area contributed by atoms with E-state index >= 15 is 0 Å². The predicted octanol–water partition coefficient (Wildman–Crippen LogP) is 2.90. The number of carbonyl (C=O) groups is 1. The van der Waals surface area contributed by atoms with Crippen molar-refractivity contribution in [3.8, 4) is 0 Å². The Balaban J connectivity index is 2.60. The third-order valence-corrected chi connectivity index (χ3v) is 6.01. The fourth-order valence-corrected chi connectivity index (χ4v) is 3.88. The van der Waals surface area contributed by atoms with Crippen LogP contribution in [0.1, 0.15) is 16.7 Å². The maximum absolute atomic E-state index is 13.2. The Morgan fingerprint density at radius 2 is 1.56 bits per heavy atom. The van der Waals surface area contributed by atoms with Crippen molar-refractivity contribution in [1.29, 1.82) is 0 Å². The zero-order chi connectivity index (χ0) is 18.8. The van der Waals surface area contributed by atoms with Crippen molar-refractivity contribution in [2.75, 3.05) is 24.9 Å². The number of anilines is 1. The van der Waals surface area contributed by atoms with Crippen LogP contribution in [-0.4, -0.2) is 39.9 Å². The lowest BCUT2D eigenvalue weighted by atomic mass is 10.1. The average molecular weight is 360 g/mol. The van der Waals surface area contributed by atoms with Gasteiger partial charge in [-0.3, -0.25) is 9.10 Å². The molecule has 134 valence electrons. The molecule has 2 aromatic carbocycles. The van der Waals surface area contributed by atoms with Crippen LogP contribution in [-0.2, 0) is 14.8 Å². The molecule has 0 unspecified atom stereocenters. The lowest BCUT2D eigenvalue weighted by molar-refractivity contribution is -0.127. The topological polar surface area (TPSA) is 57.7 Å². The standard InChI is InChI=1S/C19H24N2O3S/c1-14-9-11-17(12-10-14)25(23,24)21(13-19(22)20(4)5)18-8-6-7-15(2)16(18)3/h6-12H,13H2,1-5H3. The normalized spacial score (nSPS) is 11.2. The van der Waals surface area contributed by atoms with E-state index in [0.29, 0.717) is 5.69 Å². The summed E-state index contributed by atoms with van der Waals surface area (Å²) >= 11 is 0. The lowest BCUT2D eigenvalue weighted by Crippen LogP contribution is -2.40. The molecular weight excluding hydrogens is 336 g/mol. The number of benzene rings is 2. The molecule has 0 radical (unpaired) electrons. The summed E-state index contributed by atoms with van der Waals surface area (Å²) in [5, 5.41) is 0. The molecule has 0 saturated carbocycles. The fourth-order valence-electron chi connectivity index (χ4n) is 2.41. The third-order valence-electron chi connectivity index (χ3n) is 4.23. The van der Waals surface area contributed by atoms with Gasteiger partial charge in [0.1, 0.15) is 6.54 Å². The summed E-state index contributed by atoms with van der Waals surface area (Å²) in [5.74, 6) is -0.281. The second-order valence-corrected chi connectivity index (χ2v) is 8.19. The Morgan fingerprint density at radius 1 is 0.960 bits per heavy atom. The van der Waals surface area contributed by atoms with E-state index in [1.807, 2.05) is 26.8 Å². The molecule has 0 aliphatic rings. The van der Waals surface area contributed by atoms with Gasteiger partial charge in [-0.2, -0.15) is 0 Å². The Kier molecular flexibility index (Phi) is 5.52. The van der Waals surface area contributed by atoms with Crippen molar-refractivity contribution < 1.29 is 13.2 Å². The van der Waals surface area contributed by atoms with Crippen LogP contribution >= 0.6 is 0 Å². The molecule has 6 heteroatoms. The van der Waals surface area contributed by atoms with Crippen LogP contribution in [0.3, 0.4) is 0 Å². The molecule has 0 spiro atoms. The van der Waals surface area contributed by atoms with Gasteiger partial charge in [-0.15, -0.1) is 0 Å². The summed E-state index contributed by atoms with van der Waals surface area (Å²) in [6.45, 7) is 5.44. The molecule has 0 bridgehead atoms. The van der Waals surface area contributed by atoms with Crippen LogP contribution in [0.15, 0.2) is 47.4 Å². The molecule has 0 N–H and O–H groups in total. The number of likely N-dealkylation sites (N-methyl/N-ethyl adjacent to an activating group) is 1. The molecule has 2 aromatic rings. The Labute approximate surface area is 149 Å². The third kappa shape index (κ3) is 4.02. The van der Waals surface area contributed by atoms with E-state index in [-0.39, 0.29) is 17.3 Å². The maximum Gasteiger partial charge on any atom is 0.264 e. The first kappa shape index (κ1) is 19.0. The number of carbonyl (C=O) groups excluding carboxylic acids is 1. The van der Waals surface area contributed by atoms with Gasteiger partial charge in [-0.1, -0.05) is 29.8 Å². The molecule has 0 aliphatic carbocycles. The van der Waals surface area contributed by atoms with Gasteiger partial charge in [0.15, 0.2) is 0 Å². The summed E-state index contributed by atoms with van der Waals surface area (Å²) in [5.41, 5.74) is 3.31. The zero-order valence-electron chi connectivity index (χ0n) is 15.3. The van der Waals surface area contributed by atoms with Gasteiger partial charge in [0, 0.05) is 14.1 Å². The first-order valence-corrected chi connectivity index (χ1v) is 9.44. The van der Waals surface area contributed by atoms with Crippen LogP contribution in [0.2, 0.25) is 0 Å². The van der Waals surface area contributed by atoms with E-state index in [4.69, 9.17) is 0 Å². The van der Waals surface area contributed by atoms with Gasteiger partial charge in [0.25, 0.3) is 10.0 Å². The number of aryl methyl sites for hydroxylation is 2. The van der Waals surface area contributed by atoms with Gasteiger partial charge in [-0.05, 0) is 50.1 Å². The smallest absolute Gasteiger partial charge is 0.264 e. The second-order valence-electron chi connectivity index (χ2n) is 6.33. The molecule has 0 aliphatic heterocycles. The van der Waals surface area contributed by atoms with Gasteiger partial charge in [0.2, 0.25) is 5.91 Å². The highest BCUT2D eigenvalue weighted by Crippen LogP contribution is 2.28. The maximum atomic E-state index is 13.2. The Hall–Kier alpha value is -2.34. The molecule has 0 heterocycles. The van der Waals surface area contributed by atoms with Crippen LogP contribution in [0.4, 0.5) is 5.69 Å². The van der Waals surface area contributed by atoms with E-state index in [9.17, 15) is 13.2 Å². The number of rotatable bonds is 5. The number of hydrogen-bond donors (Lipinski definition) is 0. The van der Waals surface area contributed by atoms with Crippen molar-refractivity contribution in [2.24, 2.45) is 0 Å². The highest BCUT2D eigenvalue weighted by Gasteiger charge is 2.28. The molecule has 1 amide bonds. The summed E-state index contributed by atoms with van der Waals surface area (Å²) in [4.78, 5) is 13.8. The monoisotopic (exact) mass is 360 g/mol. The van der Waals surface area contributed by atoms with Crippen molar-refractivity contribution in [3.63, 3.8) is 0 Å². The van der Waals surface area contributed by atoms with Crippen molar-refractivity contribution in [2.45, 2.75) is 25.7 Å². The SMILES string of the molecule is Cc1ccc(S(=O)(=O)N(CC(=O)N(C)C)c2cccc(C)c2C)cc1. The molecule has 0 atom stereocenters. The molecule has 0 aromatic heterocycles. The minimum Gasteiger partial charge on any atom is -0.347 e. The van der Waals surface area contributed by atoms with Gasteiger partial charge < -0.3 is 4.90 Å². The average Bonchev–Trinajstić information content (AvgIpc) is 2.55. The number of amides is 1. The quantitative estimate of drug-likeness (QED) is 0.824. The van der Waals surface area contributed by atoms with Gasteiger partial charge in [0.05, 0.1) is 10.6 Å². The summed E-state index contributed by atoms with van der Waals surface area (Å²) < 4.78 is 27.6. The fraction of sp³-hybridized carbons (Fsp3) is 0.316.